The molecule has 0 fully saturated rings. The van der Waals surface area contributed by atoms with Gasteiger partial charge in [0.15, 0.2) is 0 Å². The van der Waals surface area contributed by atoms with Gasteiger partial charge in [-0.1, -0.05) is 0 Å². The molecular weight excluding hydrogens is 198 g/mol. The minimum Gasteiger partial charge on any atom is -0.339 e. The number of nitrogens with zero attached hydrogens (tertiary/aromatic N) is 3. The molecule has 0 radical (unpaired) electrons. The van der Waals surface area contributed by atoms with Gasteiger partial charge in [0.25, 0.3) is 5.91 Å². The number of thiazole rings is 1. The van der Waals surface area contributed by atoms with Gasteiger partial charge in [-0.2, -0.15) is 5.26 Å². The highest BCUT2D eigenvalue weighted by molar-refractivity contribution is 7.09. The van der Waals surface area contributed by atoms with Crippen LogP contribution < -0.4 is 0 Å². The van der Waals surface area contributed by atoms with E-state index < -0.39 is 0 Å². The summed E-state index contributed by atoms with van der Waals surface area (Å²) in [6, 6.07) is 2.00. The summed E-state index contributed by atoms with van der Waals surface area (Å²) in [6.07, 6.45) is 0.353. The summed E-state index contributed by atoms with van der Waals surface area (Å²) in [5.74, 6) is -0.121. The molecule has 0 saturated heterocycles. The Hall–Kier alpha value is -1.41. The lowest BCUT2D eigenvalue weighted by atomic mass is 10.3. The summed E-state index contributed by atoms with van der Waals surface area (Å²) in [6.45, 7) is 2.31. The van der Waals surface area contributed by atoms with Crippen molar-refractivity contribution in [3.63, 3.8) is 0 Å². The molecular formula is C9H11N3OS. The van der Waals surface area contributed by atoms with Gasteiger partial charge in [0.05, 0.1) is 17.5 Å². The fourth-order valence-electron chi connectivity index (χ4n) is 0.976. The minimum absolute atomic E-state index is 0.121. The number of aryl methyl sites for hydroxylation is 1. The number of hydrogen-bond acceptors (Lipinski definition) is 4. The molecule has 0 aliphatic rings. The molecule has 0 saturated carbocycles. The van der Waals surface area contributed by atoms with Crippen LogP contribution in [-0.4, -0.2) is 29.4 Å². The number of aromatic nitrogens is 1. The molecule has 1 heterocycles. The zero-order chi connectivity index (χ0) is 10.6. The van der Waals surface area contributed by atoms with Crippen LogP contribution in [-0.2, 0) is 0 Å². The second kappa shape index (κ2) is 4.72. The Bertz CT molecular complexity index is 366. The average molecular weight is 209 g/mol. The van der Waals surface area contributed by atoms with Crippen molar-refractivity contribution in [2.24, 2.45) is 0 Å². The first-order chi connectivity index (χ1) is 6.65. The van der Waals surface area contributed by atoms with Crippen molar-refractivity contribution in [2.75, 3.05) is 13.6 Å². The van der Waals surface area contributed by atoms with Gasteiger partial charge in [-0.05, 0) is 6.92 Å². The van der Waals surface area contributed by atoms with Crippen molar-refractivity contribution in [1.82, 2.24) is 9.88 Å². The van der Waals surface area contributed by atoms with Gasteiger partial charge in [0, 0.05) is 19.0 Å². The van der Waals surface area contributed by atoms with E-state index >= 15 is 0 Å². The van der Waals surface area contributed by atoms with Gasteiger partial charge in [-0.15, -0.1) is 11.3 Å². The van der Waals surface area contributed by atoms with E-state index in [4.69, 9.17) is 5.26 Å². The largest absolute Gasteiger partial charge is 0.339 e. The first-order valence-corrected chi connectivity index (χ1v) is 5.07. The third-order valence-electron chi connectivity index (χ3n) is 1.74. The quantitative estimate of drug-likeness (QED) is 0.756. The number of nitriles is 1. The van der Waals surface area contributed by atoms with Gasteiger partial charge < -0.3 is 4.90 Å². The van der Waals surface area contributed by atoms with E-state index in [1.807, 2.05) is 13.0 Å². The van der Waals surface area contributed by atoms with Gasteiger partial charge in [-0.3, -0.25) is 4.79 Å². The molecule has 0 bridgehead atoms. The predicted octanol–water partition coefficient (Wildman–Crippen LogP) is 1.44. The second-order valence-corrected chi connectivity index (χ2v) is 3.95. The average Bonchev–Trinajstić information content (AvgIpc) is 2.60. The number of hydrogen-bond donors (Lipinski definition) is 0. The van der Waals surface area contributed by atoms with Crippen molar-refractivity contribution in [3.05, 3.63) is 16.1 Å². The molecule has 1 aromatic rings. The number of amides is 1. The topological polar surface area (TPSA) is 57.0 Å². The molecule has 1 aromatic heterocycles. The molecule has 0 spiro atoms. The van der Waals surface area contributed by atoms with Crippen LogP contribution in [0.1, 0.15) is 21.9 Å². The van der Waals surface area contributed by atoms with Crippen LogP contribution in [0.4, 0.5) is 0 Å². The molecule has 4 nitrogen and oxygen atoms in total. The summed E-state index contributed by atoms with van der Waals surface area (Å²) in [4.78, 5) is 17.2. The van der Waals surface area contributed by atoms with Gasteiger partial charge >= 0.3 is 0 Å². The molecule has 14 heavy (non-hydrogen) atoms. The Kier molecular flexibility index (Phi) is 3.60. The van der Waals surface area contributed by atoms with Gasteiger partial charge in [-0.25, -0.2) is 4.98 Å². The Morgan fingerprint density at radius 1 is 1.79 bits per heavy atom. The van der Waals surface area contributed by atoms with E-state index in [-0.39, 0.29) is 5.91 Å². The fraction of sp³-hybridized carbons (Fsp3) is 0.444. The van der Waals surface area contributed by atoms with Crippen LogP contribution in [0.15, 0.2) is 5.38 Å². The van der Waals surface area contributed by atoms with Crippen molar-refractivity contribution < 1.29 is 4.79 Å². The van der Waals surface area contributed by atoms with Crippen LogP contribution >= 0.6 is 11.3 Å². The van der Waals surface area contributed by atoms with Gasteiger partial charge in [0.1, 0.15) is 5.69 Å². The summed E-state index contributed by atoms with van der Waals surface area (Å²) < 4.78 is 0. The third kappa shape index (κ3) is 2.54. The number of rotatable bonds is 3. The number of carbonyl (C=O) groups is 1. The molecule has 5 heteroatoms. The van der Waals surface area contributed by atoms with Crippen LogP contribution in [0.5, 0.6) is 0 Å². The molecule has 0 aromatic carbocycles. The lowest BCUT2D eigenvalue weighted by molar-refractivity contribution is 0.0793. The summed E-state index contributed by atoms with van der Waals surface area (Å²) in [5, 5.41) is 11.0. The van der Waals surface area contributed by atoms with Crippen molar-refractivity contribution >= 4 is 17.2 Å². The predicted molar refractivity (Wildman–Crippen MR) is 54.0 cm³/mol. The summed E-state index contributed by atoms with van der Waals surface area (Å²) in [7, 11) is 1.67. The maximum absolute atomic E-state index is 11.6. The Labute approximate surface area is 86.8 Å². The van der Waals surface area contributed by atoms with E-state index in [0.29, 0.717) is 18.7 Å². The molecule has 0 aliphatic heterocycles. The first-order valence-electron chi connectivity index (χ1n) is 4.19. The lowest BCUT2D eigenvalue weighted by Gasteiger charge is -2.13. The van der Waals surface area contributed by atoms with Crippen molar-refractivity contribution in [3.8, 4) is 6.07 Å². The van der Waals surface area contributed by atoms with E-state index in [1.54, 1.807) is 12.4 Å². The van der Waals surface area contributed by atoms with Crippen LogP contribution in [0, 0.1) is 18.3 Å². The third-order valence-corrected chi connectivity index (χ3v) is 2.52. The minimum atomic E-state index is -0.121. The Morgan fingerprint density at radius 3 is 3.00 bits per heavy atom. The summed E-state index contributed by atoms with van der Waals surface area (Å²) >= 11 is 1.45. The molecule has 74 valence electrons. The molecule has 0 N–H and O–H groups in total. The second-order valence-electron chi connectivity index (χ2n) is 2.89. The Morgan fingerprint density at radius 2 is 2.50 bits per heavy atom. The fourth-order valence-corrected chi connectivity index (χ4v) is 1.56. The highest BCUT2D eigenvalue weighted by atomic mass is 32.1. The molecule has 1 rings (SSSR count). The highest BCUT2D eigenvalue weighted by Crippen LogP contribution is 2.09. The monoisotopic (exact) mass is 209 g/mol. The zero-order valence-corrected chi connectivity index (χ0v) is 8.97. The molecule has 0 atom stereocenters. The normalized spacial score (nSPS) is 9.50. The van der Waals surface area contributed by atoms with Crippen LogP contribution in [0.25, 0.3) is 0 Å². The van der Waals surface area contributed by atoms with Crippen LogP contribution in [0.3, 0.4) is 0 Å². The van der Waals surface area contributed by atoms with E-state index in [1.165, 1.54) is 16.2 Å². The highest BCUT2D eigenvalue weighted by Gasteiger charge is 2.13. The van der Waals surface area contributed by atoms with Gasteiger partial charge in [0.2, 0.25) is 0 Å². The number of carbonyl (C=O) groups excluding carboxylic acids is 1. The van der Waals surface area contributed by atoms with Crippen molar-refractivity contribution in [1.29, 1.82) is 5.26 Å². The summed E-state index contributed by atoms with van der Waals surface area (Å²) in [5.41, 5.74) is 0.466. The molecule has 0 aliphatic carbocycles. The SMILES string of the molecule is Cc1nc(C(=O)N(C)CCC#N)cs1. The van der Waals surface area contributed by atoms with E-state index in [9.17, 15) is 4.79 Å². The Balaban J connectivity index is 2.62. The van der Waals surface area contributed by atoms with E-state index in [2.05, 4.69) is 4.98 Å². The standard InChI is InChI=1S/C9H11N3OS/c1-7-11-8(6-14-7)9(13)12(2)5-3-4-10/h6H,3,5H2,1-2H3. The molecule has 1 amide bonds. The maximum Gasteiger partial charge on any atom is 0.273 e. The maximum atomic E-state index is 11.6. The zero-order valence-electron chi connectivity index (χ0n) is 8.15. The lowest BCUT2D eigenvalue weighted by Crippen LogP contribution is -2.27. The van der Waals surface area contributed by atoms with Crippen LogP contribution in [0.2, 0.25) is 0 Å². The van der Waals surface area contributed by atoms with E-state index in [0.717, 1.165) is 5.01 Å². The first kappa shape index (κ1) is 10.7. The molecule has 0 unspecified atom stereocenters. The smallest absolute Gasteiger partial charge is 0.273 e. The van der Waals surface area contributed by atoms with Crippen molar-refractivity contribution in [2.45, 2.75) is 13.3 Å².